The van der Waals surface area contributed by atoms with E-state index in [9.17, 15) is 135 Å². The maximum atomic E-state index is 14.7. The van der Waals surface area contributed by atoms with Crippen molar-refractivity contribution in [3.63, 3.8) is 0 Å². The van der Waals surface area contributed by atoms with Crippen LogP contribution < -0.4 is 42.5 Å². The number of hydrogen-bond acceptors (Lipinski definition) is 44. The van der Waals surface area contributed by atoms with E-state index in [1.165, 1.54) is 6.92 Å². The molecule has 0 aliphatic carbocycles. The maximum Gasteiger partial charge on any atom is 0.312 e. The number of hydrogen-bond donors (Lipinski definition) is 24. The average molecular weight is 2130 g/mol. The lowest BCUT2D eigenvalue weighted by molar-refractivity contribution is -0.403. The van der Waals surface area contributed by atoms with E-state index in [1.807, 2.05) is 48.5 Å². The van der Waals surface area contributed by atoms with Crippen LogP contribution in [0.3, 0.4) is 0 Å². The molecule has 3 aromatic carbocycles. The molecule has 25 aliphatic heterocycles. The number of unbranched alkanes of at least 4 members (excludes halogenated alkanes) is 3. The molecule has 34 atom stereocenters. The number of piperazine rings is 1. The smallest absolute Gasteiger partial charge is 0.312 e. The number of carbonyl (C=O) groups is 10. The number of esters is 1. The summed E-state index contributed by atoms with van der Waals surface area (Å²) in [5.41, 5.74) is 10.6. The van der Waals surface area contributed by atoms with Gasteiger partial charge in [-0.2, -0.15) is 0 Å². The summed E-state index contributed by atoms with van der Waals surface area (Å²) in [5.74, 6) is -5.70. The highest BCUT2D eigenvalue weighted by atomic mass is 16.8. The van der Waals surface area contributed by atoms with E-state index >= 15 is 0 Å². The number of aliphatic hydroxyl groups excluding tert-OH is 17. The van der Waals surface area contributed by atoms with Crippen LogP contribution in [0.1, 0.15) is 109 Å². The van der Waals surface area contributed by atoms with Gasteiger partial charge in [0.15, 0.2) is 37.7 Å². The number of aromatic nitrogens is 3. The number of rotatable bonds is 36. The summed E-state index contributed by atoms with van der Waals surface area (Å²) in [5, 5.41) is 219. The van der Waals surface area contributed by atoms with Crippen LogP contribution in [0, 0.1) is 5.92 Å². The number of fused-ring (bicyclic) bond motifs is 5. The third-order valence-corrected chi connectivity index (χ3v) is 28.4. The lowest BCUT2D eigenvalue weighted by Gasteiger charge is -2.51. The first-order valence-corrected chi connectivity index (χ1v) is 50.3. The lowest BCUT2D eigenvalue weighted by atomic mass is 9.94. The van der Waals surface area contributed by atoms with E-state index in [0.717, 1.165) is 21.7 Å². The van der Waals surface area contributed by atoms with Gasteiger partial charge in [0.25, 0.3) is 0 Å². The molecule has 1 aromatic heterocycles. The zero-order valence-corrected chi connectivity index (χ0v) is 82.9. The van der Waals surface area contributed by atoms with Gasteiger partial charge in [0.1, 0.15) is 177 Å². The Morgan fingerprint density at radius 3 is 1.42 bits per heavy atom. The standard InChI is InChI=1S/C96H138N14O40/c1-44(2)65(88(135)102-52(19-14-29-99-96(97)137)86(133)100-48-24-22-46(23-25-48)43-138-45(3)116)103-87(134)51(18-11-12-28-98-61(117)26-27-63(119)110-36-47-15-7-8-16-49(47)67-66(104-105-106(67)4)50-17-9-10-20-53(50)110)101-62(118)21-6-5-13-30-109-64(120)35-54(89(109)136)108-33-31-107(32-34-108)37-55-80-68(121)74(127)90(139-55)146-81-56(38-111)141-92(76(129)70(81)123)148-83-58(40-113)143-94(78(131)72(83)125)150-85-60(42-115)144-95(79(132)73(85)126)149-84-59(41-114)142-93(77(130)71(84)124)147-82-57(39-112)140-91(145-80)75(128)69(82)122/h7-10,15-17,20,22-25,44,51-52,54-60,65,68-85,90-95,111-115,121-132H,5-6,11-14,18-19,21,26-43H2,1-4H3,(H,98,117)(H,100,133)(H,101,118)(H,102,135)(H,103,134)(H3,97,99,137)/t51-,52-,54?,55?,56?,57?,58?,59?,60-,65-,68?,69?,70?,71?,72?,73?,74?,75?,76?,77?,78?,79?,80?,81?,82?,83?,84?,85?,90?,91?,92?,93?,94?,95?/m0/s1. The van der Waals surface area contributed by atoms with E-state index in [-0.39, 0.29) is 148 Å². The van der Waals surface area contributed by atoms with Gasteiger partial charge in [0.2, 0.25) is 47.3 Å². The molecule has 832 valence electrons. The number of aryl methyl sites for hydroxylation is 1. The van der Waals surface area contributed by atoms with Crippen LogP contribution in [0.15, 0.2) is 72.8 Å². The topological polar surface area (TPSA) is 776 Å². The minimum atomic E-state index is -2.26. The summed E-state index contributed by atoms with van der Waals surface area (Å²) in [6, 6.07) is 15.7. The Balaban J connectivity index is 0.610. The van der Waals surface area contributed by atoms with Gasteiger partial charge in [-0.25, -0.2) is 9.48 Å². The van der Waals surface area contributed by atoms with Crippen molar-refractivity contribution in [3.05, 3.63) is 83.9 Å². The fraction of sp³-hybridized carbons (Fsp3) is 0.688. The molecule has 26 heterocycles. The highest BCUT2D eigenvalue weighted by molar-refractivity contribution is 6.06. The zero-order valence-electron chi connectivity index (χ0n) is 82.9. The first kappa shape index (κ1) is 116. The van der Waals surface area contributed by atoms with Gasteiger partial charge in [-0.15, -0.1) is 5.10 Å². The van der Waals surface area contributed by atoms with Gasteiger partial charge in [0.05, 0.1) is 63.4 Å². The van der Waals surface area contributed by atoms with Crippen molar-refractivity contribution >= 4 is 70.6 Å². The number of ether oxygens (including phenoxy) is 13. The van der Waals surface area contributed by atoms with Crippen LogP contribution in [0.4, 0.5) is 16.2 Å². The van der Waals surface area contributed by atoms with Crippen LogP contribution in [0.2, 0.25) is 0 Å². The van der Waals surface area contributed by atoms with Gasteiger partial charge in [0, 0.05) is 102 Å². The molecule has 24 saturated heterocycles. The summed E-state index contributed by atoms with van der Waals surface area (Å²) in [6.07, 6.45) is -60.4. The second kappa shape index (κ2) is 52.9. The summed E-state index contributed by atoms with van der Waals surface area (Å²) in [7, 11) is 1.79. The number of benzene rings is 3. The number of aliphatic hydroxyl groups is 17. The fourth-order valence-corrected chi connectivity index (χ4v) is 20.1. The molecular weight excluding hydrogens is 1990 g/mol. The van der Waals surface area contributed by atoms with Crippen LogP contribution in [-0.4, -0.2) is 470 Å². The predicted octanol–water partition coefficient (Wildman–Crippen LogP) is -9.40. The molecule has 24 fully saturated rings. The quantitative estimate of drug-likeness (QED) is 0.0114. The van der Waals surface area contributed by atoms with Crippen molar-refractivity contribution in [2.75, 3.05) is 95.6 Å². The Labute approximate surface area is 859 Å². The maximum absolute atomic E-state index is 14.7. The number of likely N-dealkylation sites (tertiary alicyclic amines) is 1. The monoisotopic (exact) mass is 2130 g/mol. The number of primary amides is 1. The minimum absolute atomic E-state index is 0.0194. The van der Waals surface area contributed by atoms with Crippen LogP contribution >= 0.6 is 0 Å². The van der Waals surface area contributed by atoms with E-state index in [4.69, 9.17) is 67.3 Å². The summed E-state index contributed by atoms with van der Waals surface area (Å²) in [4.78, 5) is 143. The van der Waals surface area contributed by atoms with Crippen LogP contribution in [-0.2, 0) is 125 Å². The number of para-hydroxylation sites is 1. The number of carbonyl (C=O) groups excluding carboxylic acids is 10. The van der Waals surface area contributed by atoms with Gasteiger partial charge in [-0.1, -0.05) is 80.1 Å². The number of nitrogens with one attached hydrogen (secondary N) is 6. The van der Waals surface area contributed by atoms with Crippen molar-refractivity contribution in [2.45, 2.75) is 319 Å². The third-order valence-electron chi connectivity index (χ3n) is 28.4. The van der Waals surface area contributed by atoms with Gasteiger partial charge < -0.3 is 191 Å². The summed E-state index contributed by atoms with van der Waals surface area (Å²) in [6.45, 7) is -0.526. The summed E-state index contributed by atoms with van der Waals surface area (Å²) >= 11 is 0. The number of amides is 10. The molecule has 0 radical (unpaired) electrons. The van der Waals surface area contributed by atoms with E-state index in [2.05, 4.69) is 42.2 Å². The van der Waals surface area contributed by atoms with Crippen molar-refractivity contribution in [1.82, 2.24) is 56.3 Å². The fourth-order valence-electron chi connectivity index (χ4n) is 20.1. The second-order valence-corrected chi connectivity index (χ2v) is 39.1. The Morgan fingerprint density at radius 2 is 0.933 bits per heavy atom. The Kier molecular flexibility index (Phi) is 40.9. The normalized spacial score (nSPS) is 33.5. The van der Waals surface area contributed by atoms with Crippen molar-refractivity contribution in [2.24, 2.45) is 18.7 Å². The molecule has 29 rings (SSSR count). The van der Waals surface area contributed by atoms with Gasteiger partial charge in [-0.3, -0.25) is 57.9 Å². The van der Waals surface area contributed by atoms with E-state index in [1.54, 1.807) is 64.5 Å². The van der Waals surface area contributed by atoms with Crippen molar-refractivity contribution in [3.8, 4) is 22.5 Å². The van der Waals surface area contributed by atoms with E-state index < -0.39 is 301 Å². The number of urea groups is 1. The Morgan fingerprint density at radius 1 is 0.473 bits per heavy atom. The third kappa shape index (κ3) is 27.4. The average Bonchev–Trinajstić information content (AvgIpc) is 1.73. The van der Waals surface area contributed by atoms with Gasteiger partial charge in [-0.05, 0) is 80.2 Å². The highest BCUT2D eigenvalue weighted by Gasteiger charge is 2.60. The first-order chi connectivity index (χ1) is 71.8. The Bertz CT molecular complexity index is 5180. The number of nitrogens with two attached hydrogens (primary N) is 1. The molecule has 0 spiro atoms. The van der Waals surface area contributed by atoms with Gasteiger partial charge >= 0.3 is 12.0 Å². The lowest BCUT2D eigenvalue weighted by Crippen LogP contribution is -2.69. The molecule has 25 aliphatic rings. The van der Waals surface area contributed by atoms with E-state index in [0.29, 0.717) is 28.2 Å². The molecule has 0 saturated carbocycles. The van der Waals surface area contributed by atoms with Crippen molar-refractivity contribution in [1.29, 1.82) is 0 Å². The second-order valence-electron chi connectivity index (χ2n) is 39.1. The zero-order chi connectivity index (χ0) is 108. The summed E-state index contributed by atoms with van der Waals surface area (Å²) < 4.78 is 78.0. The molecule has 150 heavy (non-hydrogen) atoms. The largest absolute Gasteiger partial charge is 0.461 e. The first-order valence-electron chi connectivity index (χ1n) is 50.3. The predicted molar refractivity (Wildman–Crippen MR) is 507 cm³/mol. The number of anilines is 2. The van der Waals surface area contributed by atoms with Crippen molar-refractivity contribution < 1.29 is 196 Å². The molecule has 10 amide bonds. The molecule has 54 nitrogen and oxygen atoms in total. The van der Waals surface area contributed by atoms with Crippen LogP contribution in [0.25, 0.3) is 22.5 Å². The number of imide groups is 1. The van der Waals surface area contributed by atoms with Crippen LogP contribution in [0.5, 0.6) is 0 Å². The minimum Gasteiger partial charge on any atom is -0.461 e. The molecular formula is C96H138N14O40. The molecule has 25 N–H and O–H groups in total. The number of nitrogens with zero attached hydrogens (tertiary/aromatic N) is 7. The highest BCUT2D eigenvalue weighted by Crippen LogP contribution is 2.44. The molecule has 4 aromatic rings. The Hall–Kier alpha value is -9.74. The molecule has 12 bridgehead atoms. The molecule has 30 unspecified atom stereocenters. The SMILES string of the molecule is CC(=O)OCc1ccc(NC(=O)[C@H](CCCNC(N)=O)NC(=O)[C@@H](NC(=O)[C@H](CCCCNC(=O)CCC(=O)N2Cc3ccccc3-c3c(nnn3C)-c3ccccc32)NC(=O)CCCCCN2C(=O)CC(N3CCN(CC4OC5OC6C(CO)OC(OC7C(CO)OC(OC8C(O)C(O)C(OC9C(CO)OC(OC%10C(CO)OC(OC4C(O)C5O)C(O)C%10O)C(O)C9O)O[C@H]8CO)C(O)C7O)C(O)C6O)CC3)C2=O)C(C)C)cc1. The molecule has 54 heteroatoms.